The number of carbonyl (C=O) groups excluding carboxylic acids is 2. The second-order valence-corrected chi connectivity index (χ2v) is 7.29. The van der Waals surface area contributed by atoms with Crippen LogP contribution in [0.5, 0.6) is 23.0 Å². The van der Waals surface area contributed by atoms with Crippen molar-refractivity contribution in [1.82, 2.24) is 0 Å². The SMILES string of the molecule is CCOc1cc(NC(=O)C(N=Nc2cc(OC)cc(OC)c2Cl)C(C)=O)c(Cl)c(OCC)c1. The summed E-state index contributed by atoms with van der Waals surface area (Å²) in [4.78, 5) is 25.1. The van der Waals surface area contributed by atoms with Gasteiger partial charge in [0, 0.05) is 24.3 Å². The maximum Gasteiger partial charge on any atom is 0.258 e. The fraction of sp³-hybridized carbons (Fsp3) is 0.364. The van der Waals surface area contributed by atoms with E-state index in [4.69, 9.17) is 42.1 Å². The molecule has 2 aromatic rings. The third-order valence-corrected chi connectivity index (χ3v) is 5.01. The van der Waals surface area contributed by atoms with E-state index in [-0.39, 0.29) is 21.4 Å². The number of nitrogens with one attached hydrogen (secondary N) is 1. The number of carbonyl (C=O) groups is 2. The van der Waals surface area contributed by atoms with Gasteiger partial charge in [-0.05, 0) is 20.8 Å². The van der Waals surface area contributed by atoms with E-state index in [1.807, 2.05) is 6.92 Å². The van der Waals surface area contributed by atoms with Crippen molar-refractivity contribution in [2.24, 2.45) is 10.2 Å². The third kappa shape index (κ3) is 6.72. The largest absolute Gasteiger partial charge is 0.497 e. The number of nitrogens with zero attached hydrogens (tertiary/aromatic N) is 2. The fourth-order valence-electron chi connectivity index (χ4n) is 2.71. The second-order valence-electron chi connectivity index (χ2n) is 6.53. The molecule has 0 spiro atoms. The summed E-state index contributed by atoms with van der Waals surface area (Å²) in [6.07, 6.45) is 0. The molecule has 33 heavy (non-hydrogen) atoms. The Labute approximate surface area is 202 Å². The Morgan fingerprint density at radius 2 is 1.61 bits per heavy atom. The third-order valence-electron chi connectivity index (χ3n) is 4.24. The molecule has 1 amide bonds. The molecule has 0 aliphatic heterocycles. The second kappa shape index (κ2) is 12.3. The average molecular weight is 498 g/mol. The van der Waals surface area contributed by atoms with Crippen molar-refractivity contribution in [3.8, 4) is 23.0 Å². The molecule has 1 unspecified atom stereocenters. The molecule has 11 heteroatoms. The van der Waals surface area contributed by atoms with E-state index in [0.29, 0.717) is 36.2 Å². The van der Waals surface area contributed by atoms with Crippen LogP contribution in [0.2, 0.25) is 10.0 Å². The number of ether oxygens (including phenoxy) is 4. The number of hydrogen-bond donors (Lipinski definition) is 1. The topological polar surface area (TPSA) is 108 Å². The fourth-order valence-corrected chi connectivity index (χ4v) is 3.15. The van der Waals surface area contributed by atoms with E-state index in [2.05, 4.69) is 15.5 Å². The van der Waals surface area contributed by atoms with Gasteiger partial charge in [-0.3, -0.25) is 9.59 Å². The van der Waals surface area contributed by atoms with Crippen LogP contribution >= 0.6 is 23.2 Å². The van der Waals surface area contributed by atoms with Crippen LogP contribution in [0.25, 0.3) is 0 Å². The molecule has 0 fully saturated rings. The number of Topliss-reactive ketones (excluding diaryl/α,β-unsaturated/α-hetero) is 1. The molecule has 0 radical (unpaired) electrons. The first-order valence-electron chi connectivity index (χ1n) is 9.98. The van der Waals surface area contributed by atoms with E-state index in [0.717, 1.165) is 0 Å². The van der Waals surface area contributed by atoms with Crippen LogP contribution < -0.4 is 24.3 Å². The van der Waals surface area contributed by atoms with Crippen molar-refractivity contribution in [2.75, 3.05) is 32.8 Å². The van der Waals surface area contributed by atoms with E-state index < -0.39 is 17.7 Å². The minimum Gasteiger partial charge on any atom is -0.497 e. The zero-order chi connectivity index (χ0) is 24.5. The number of methoxy groups -OCH3 is 2. The Kier molecular flexibility index (Phi) is 9.74. The summed E-state index contributed by atoms with van der Waals surface area (Å²) in [6.45, 7) is 5.60. The monoisotopic (exact) mass is 497 g/mol. The lowest BCUT2D eigenvalue weighted by Gasteiger charge is -2.15. The Morgan fingerprint density at radius 3 is 2.18 bits per heavy atom. The number of amides is 1. The molecule has 178 valence electrons. The lowest BCUT2D eigenvalue weighted by Crippen LogP contribution is -2.32. The lowest BCUT2D eigenvalue weighted by molar-refractivity contribution is -0.126. The van der Waals surface area contributed by atoms with Crippen molar-refractivity contribution in [2.45, 2.75) is 26.8 Å². The summed E-state index contributed by atoms with van der Waals surface area (Å²) in [5.74, 6) is 0.210. The Bertz CT molecular complexity index is 1050. The molecule has 1 N–H and O–H groups in total. The van der Waals surface area contributed by atoms with E-state index in [1.165, 1.54) is 33.3 Å². The molecule has 0 heterocycles. The number of halogens is 2. The molecule has 2 rings (SSSR count). The molecule has 0 aliphatic rings. The highest BCUT2D eigenvalue weighted by molar-refractivity contribution is 6.35. The van der Waals surface area contributed by atoms with E-state index >= 15 is 0 Å². The Hall–Kier alpha value is -3.04. The maximum absolute atomic E-state index is 12.9. The molecule has 0 bridgehead atoms. The summed E-state index contributed by atoms with van der Waals surface area (Å²) in [5, 5.41) is 10.8. The van der Waals surface area contributed by atoms with Gasteiger partial charge in [-0.25, -0.2) is 0 Å². The van der Waals surface area contributed by atoms with Crippen LogP contribution in [0, 0.1) is 0 Å². The summed E-state index contributed by atoms with van der Waals surface area (Å²) < 4.78 is 21.4. The quantitative estimate of drug-likeness (QED) is 0.324. The van der Waals surface area contributed by atoms with Crippen LogP contribution in [0.1, 0.15) is 20.8 Å². The van der Waals surface area contributed by atoms with Gasteiger partial charge < -0.3 is 24.3 Å². The minimum absolute atomic E-state index is 0.151. The molecule has 9 nitrogen and oxygen atoms in total. The molecular weight excluding hydrogens is 473 g/mol. The van der Waals surface area contributed by atoms with E-state index in [1.54, 1.807) is 19.1 Å². The minimum atomic E-state index is -1.46. The predicted molar refractivity (Wildman–Crippen MR) is 126 cm³/mol. The summed E-state index contributed by atoms with van der Waals surface area (Å²) in [7, 11) is 2.90. The van der Waals surface area contributed by atoms with Crippen LogP contribution in [0.4, 0.5) is 11.4 Å². The van der Waals surface area contributed by atoms with Crippen molar-refractivity contribution in [3.05, 3.63) is 34.3 Å². The molecule has 2 aromatic carbocycles. The van der Waals surface area contributed by atoms with Crippen LogP contribution in [0.3, 0.4) is 0 Å². The average Bonchev–Trinajstić information content (AvgIpc) is 2.78. The van der Waals surface area contributed by atoms with Gasteiger partial charge in [-0.2, -0.15) is 10.2 Å². The smallest absolute Gasteiger partial charge is 0.258 e. The van der Waals surface area contributed by atoms with Crippen molar-refractivity contribution in [1.29, 1.82) is 0 Å². The molecule has 0 aromatic heterocycles. The number of anilines is 1. The van der Waals surface area contributed by atoms with Gasteiger partial charge in [-0.15, -0.1) is 0 Å². The number of hydrogen-bond acceptors (Lipinski definition) is 8. The maximum atomic E-state index is 12.9. The number of benzene rings is 2. The normalized spacial score (nSPS) is 11.7. The van der Waals surface area contributed by atoms with Gasteiger partial charge in [0.2, 0.25) is 6.04 Å². The van der Waals surface area contributed by atoms with E-state index in [9.17, 15) is 9.59 Å². The first kappa shape index (κ1) is 26.2. The van der Waals surface area contributed by atoms with Crippen molar-refractivity contribution < 1.29 is 28.5 Å². The molecule has 1 atom stereocenters. The lowest BCUT2D eigenvalue weighted by atomic mass is 10.2. The summed E-state index contributed by atoms with van der Waals surface area (Å²) in [5.41, 5.74) is 0.375. The van der Waals surface area contributed by atoms with Gasteiger partial charge in [0.05, 0.1) is 33.1 Å². The summed E-state index contributed by atoms with van der Waals surface area (Å²) >= 11 is 12.6. The standard InChI is InChI=1S/C22H25Cl2N3O6/c1-6-32-14-9-15(19(23)18(11-14)33-7-2)25-22(29)21(12(3)28)27-26-16-8-13(30-4)10-17(31-5)20(16)24/h8-11,21H,6-7H2,1-5H3,(H,25,29). The Morgan fingerprint density at radius 1 is 0.939 bits per heavy atom. The van der Waals surface area contributed by atoms with Crippen molar-refractivity contribution >= 4 is 46.3 Å². The van der Waals surface area contributed by atoms with Crippen LogP contribution in [0.15, 0.2) is 34.5 Å². The Balaban J connectivity index is 2.37. The molecule has 0 saturated heterocycles. The highest BCUT2D eigenvalue weighted by Crippen LogP contribution is 2.39. The van der Waals surface area contributed by atoms with Crippen LogP contribution in [-0.4, -0.2) is 45.2 Å². The molecule has 0 aliphatic carbocycles. The number of ketones is 1. The van der Waals surface area contributed by atoms with Gasteiger partial charge >= 0.3 is 0 Å². The van der Waals surface area contributed by atoms with Crippen molar-refractivity contribution in [3.63, 3.8) is 0 Å². The number of rotatable bonds is 11. The number of azo groups is 1. The highest BCUT2D eigenvalue weighted by Gasteiger charge is 2.25. The summed E-state index contributed by atoms with van der Waals surface area (Å²) in [6, 6.07) is 4.76. The zero-order valence-corrected chi connectivity index (χ0v) is 20.4. The van der Waals surface area contributed by atoms with Gasteiger partial charge in [0.25, 0.3) is 5.91 Å². The molecule has 0 saturated carbocycles. The highest BCUT2D eigenvalue weighted by atomic mass is 35.5. The zero-order valence-electron chi connectivity index (χ0n) is 18.9. The molecular formula is C22H25Cl2N3O6. The predicted octanol–water partition coefficient (Wildman–Crippen LogP) is 5.49. The first-order chi connectivity index (χ1) is 15.7. The van der Waals surface area contributed by atoms with Gasteiger partial charge in [0.15, 0.2) is 5.78 Å². The van der Waals surface area contributed by atoms with Gasteiger partial charge in [-0.1, -0.05) is 23.2 Å². The van der Waals surface area contributed by atoms with Gasteiger partial charge in [0.1, 0.15) is 38.7 Å². The van der Waals surface area contributed by atoms with Crippen LogP contribution in [-0.2, 0) is 9.59 Å². The first-order valence-corrected chi connectivity index (χ1v) is 10.7.